The minimum Gasteiger partial charge on any atom is -0.477 e. The first-order valence-electron chi connectivity index (χ1n) is 4.17. The molecule has 5 heteroatoms. The Morgan fingerprint density at radius 2 is 2.14 bits per heavy atom. The van der Waals surface area contributed by atoms with Crippen LogP contribution in [0.5, 0.6) is 5.88 Å². The van der Waals surface area contributed by atoms with Gasteiger partial charge in [-0.2, -0.15) is 0 Å². The summed E-state index contributed by atoms with van der Waals surface area (Å²) in [5.41, 5.74) is 0. The molecule has 0 aliphatic carbocycles. The molecule has 3 nitrogen and oxygen atoms in total. The van der Waals surface area contributed by atoms with Gasteiger partial charge >= 0.3 is 0 Å². The zero-order chi connectivity index (χ0) is 10.4. The van der Waals surface area contributed by atoms with Gasteiger partial charge < -0.3 is 9.47 Å². The van der Waals surface area contributed by atoms with Gasteiger partial charge in [0.15, 0.2) is 0 Å². The summed E-state index contributed by atoms with van der Waals surface area (Å²) < 4.78 is 12.1. The molecule has 0 fully saturated rings. The Bertz CT molecular complexity index is 294. The minimum absolute atomic E-state index is 0.612. The van der Waals surface area contributed by atoms with Crippen LogP contribution in [0.4, 0.5) is 0 Å². The molecule has 1 aromatic heterocycles. The number of nitrogens with zero attached hydrogens (tertiary/aromatic N) is 1. The van der Waals surface area contributed by atoms with E-state index in [1.165, 1.54) is 0 Å². The van der Waals surface area contributed by atoms with Gasteiger partial charge in [-0.25, -0.2) is 4.98 Å². The maximum atomic E-state index is 5.44. The van der Waals surface area contributed by atoms with Crippen molar-refractivity contribution < 1.29 is 9.47 Å². The molecule has 0 unspecified atom stereocenters. The van der Waals surface area contributed by atoms with Crippen LogP contribution in [0.25, 0.3) is 0 Å². The predicted octanol–water partition coefficient (Wildman–Crippen LogP) is 3.02. The van der Waals surface area contributed by atoms with Gasteiger partial charge in [-0.05, 0) is 37.9 Å². The van der Waals surface area contributed by atoms with Crippen LogP contribution >= 0.6 is 31.9 Å². The lowest BCUT2D eigenvalue weighted by molar-refractivity contribution is 0.170. The lowest BCUT2D eigenvalue weighted by Gasteiger charge is -2.06. The number of hydrogen-bond acceptors (Lipinski definition) is 3. The Hall–Kier alpha value is -0.130. The van der Waals surface area contributed by atoms with Crippen molar-refractivity contribution in [1.82, 2.24) is 4.98 Å². The van der Waals surface area contributed by atoms with Gasteiger partial charge in [0.05, 0.1) is 11.1 Å². The average Bonchev–Trinajstić information content (AvgIpc) is 2.15. The molecule has 0 bridgehead atoms. The second-order valence-corrected chi connectivity index (χ2v) is 4.41. The summed E-state index contributed by atoms with van der Waals surface area (Å²) in [6.45, 7) is 1.31. The lowest BCUT2D eigenvalue weighted by Crippen LogP contribution is -2.02. The van der Waals surface area contributed by atoms with Crippen molar-refractivity contribution in [3.8, 4) is 5.88 Å². The van der Waals surface area contributed by atoms with E-state index in [2.05, 4.69) is 36.8 Å². The summed E-state index contributed by atoms with van der Waals surface area (Å²) in [7, 11) is 1.67. The fraction of sp³-hybridized carbons (Fsp3) is 0.444. The molecule has 0 saturated heterocycles. The van der Waals surface area contributed by atoms with Crippen molar-refractivity contribution in [2.45, 2.75) is 6.42 Å². The summed E-state index contributed by atoms with van der Waals surface area (Å²) in [4.78, 5) is 4.12. The molecule has 0 saturated carbocycles. The van der Waals surface area contributed by atoms with Gasteiger partial charge in [0.25, 0.3) is 0 Å². The highest BCUT2D eigenvalue weighted by atomic mass is 79.9. The van der Waals surface area contributed by atoms with E-state index in [0.29, 0.717) is 19.1 Å². The van der Waals surface area contributed by atoms with E-state index in [1.807, 2.05) is 6.07 Å². The molecular weight excluding hydrogens is 314 g/mol. The van der Waals surface area contributed by atoms with Gasteiger partial charge in [-0.3, -0.25) is 0 Å². The fourth-order valence-electron chi connectivity index (χ4n) is 0.880. The van der Waals surface area contributed by atoms with Crippen molar-refractivity contribution >= 4 is 31.9 Å². The minimum atomic E-state index is 0.612. The van der Waals surface area contributed by atoms with Crippen molar-refractivity contribution in [1.29, 1.82) is 0 Å². The Morgan fingerprint density at radius 1 is 1.36 bits per heavy atom. The summed E-state index contributed by atoms with van der Waals surface area (Å²) in [6, 6.07) is 1.90. The Balaban J connectivity index is 2.42. The number of halogens is 2. The number of hydrogen-bond donors (Lipinski definition) is 0. The number of aromatic nitrogens is 1. The third-order valence-corrected chi connectivity index (χ3v) is 2.51. The van der Waals surface area contributed by atoms with Crippen molar-refractivity contribution in [3.05, 3.63) is 21.2 Å². The largest absolute Gasteiger partial charge is 0.477 e. The molecule has 1 rings (SSSR count). The number of rotatable bonds is 5. The van der Waals surface area contributed by atoms with E-state index in [0.717, 1.165) is 15.4 Å². The molecule has 78 valence electrons. The standard InChI is InChI=1S/C9H11Br2NO2/c1-13-3-2-4-14-9-8(11)5-7(10)6-12-9/h5-6H,2-4H2,1H3. The van der Waals surface area contributed by atoms with Crippen LogP contribution in [0, 0.1) is 0 Å². The maximum absolute atomic E-state index is 5.44. The normalized spacial score (nSPS) is 10.2. The van der Waals surface area contributed by atoms with Crippen LogP contribution in [0.1, 0.15) is 6.42 Å². The molecule has 0 aliphatic rings. The Kier molecular flexibility index (Phi) is 5.44. The van der Waals surface area contributed by atoms with E-state index in [1.54, 1.807) is 13.3 Å². The molecule has 0 atom stereocenters. The smallest absolute Gasteiger partial charge is 0.228 e. The molecule has 0 N–H and O–H groups in total. The van der Waals surface area contributed by atoms with Crippen LogP contribution in [0.3, 0.4) is 0 Å². The number of methoxy groups -OCH3 is 1. The van der Waals surface area contributed by atoms with Gasteiger partial charge in [0.1, 0.15) is 0 Å². The maximum Gasteiger partial charge on any atom is 0.228 e. The third kappa shape index (κ3) is 3.94. The highest BCUT2D eigenvalue weighted by molar-refractivity contribution is 9.11. The Labute approximate surface area is 100 Å². The molecule has 0 aliphatic heterocycles. The summed E-state index contributed by atoms with van der Waals surface area (Å²) in [6.07, 6.45) is 2.57. The summed E-state index contributed by atoms with van der Waals surface area (Å²) in [5, 5.41) is 0. The molecular formula is C9H11Br2NO2. The van der Waals surface area contributed by atoms with Crippen LogP contribution < -0.4 is 4.74 Å². The summed E-state index contributed by atoms with van der Waals surface area (Å²) in [5.74, 6) is 0.615. The number of ether oxygens (including phenoxy) is 2. The van der Waals surface area contributed by atoms with Crippen molar-refractivity contribution in [2.24, 2.45) is 0 Å². The first kappa shape index (κ1) is 11.9. The van der Waals surface area contributed by atoms with E-state index in [-0.39, 0.29) is 0 Å². The van der Waals surface area contributed by atoms with Crippen LogP contribution in [-0.2, 0) is 4.74 Å². The van der Waals surface area contributed by atoms with Crippen molar-refractivity contribution in [3.63, 3.8) is 0 Å². The molecule has 1 heterocycles. The topological polar surface area (TPSA) is 31.4 Å². The molecule has 0 amide bonds. The quantitative estimate of drug-likeness (QED) is 0.780. The molecule has 0 spiro atoms. The molecule has 0 aromatic carbocycles. The van der Waals surface area contributed by atoms with E-state index >= 15 is 0 Å². The first-order chi connectivity index (χ1) is 6.74. The number of pyridine rings is 1. The molecule has 0 radical (unpaired) electrons. The van der Waals surface area contributed by atoms with Crippen LogP contribution in [0.15, 0.2) is 21.2 Å². The Morgan fingerprint density at radius 3 is 2.79 bits per heavy atom. The second-order valence-electron chi connectivity index (χ2n) is 2.64. The average molecular weight is 325 g/mol. The zero-order valence-corrected chi connectivity index (χ0v) is 11.0. The first-order valence-corrected chi connectivity index (χ1v) is 5.75. The zero-order valence-electron chi connectivity index (χ0n) is 7.80. The van der Waals surface area contributed by atoms with Gasteiger partial charge in [-0.15, -0.1) is 0 Å². The van der Waals surface area contributed by atoms with Crippen molar-refractivity contribution in [2.75, 3.05) is 20.3 Å². The van der Waals surface area contributed by atoms with Gasteiger partial charge in [0, 0.05) is 30.8 Å². The highest BCUT2D eigenvalue weighted by Crippen LogP contribution is 2.25. The highest BCUT2D eigenvalue weighted by Gasteiger charge is 2.02. The van der Waals surface area contributed by atoms with E-state index in [9.17, 15) is 0 Å². The predicted molar refractivity (Wildman–Crippen MR) is 61.6 cm³/mol. The van der Waals surface area contributed by atoms with Gasteiger partial charge in [0.2, 0.25) is 5.88 Å². The lowest BCUT2D eigenvalue weighted by atomic mass is 10.5. The SMILES string of the molecule is COCCCOc1ncc(Br)cc1Br. The summed E-state index contributed by atoms with van der Waals surface area (Å²) >= 11 is 6.69. The third-order valence-electron chi connectivity index (χ3n) is 1.51. The van der Waals surface area contributed by atoms with E-state index in [4.69, 9.17) is 9.47 Å². The van der Waals surface area contributed by atoms with Crippen LogP contribution in [0.2, 0.25) is 0 Å². The molecule has 1 aromatic rings. The van der Waals surface area contributed by atoms with Gasteiger partial charge in [-0.1, -0.05) is 0 Å². The van der Waals surface area contributed by atoms with E-state index < -0.39 is 0 Å². The monoisotopic (exact) mass is 323 g/mol. The molecule has 14 heavy (non-hydrogen) atoms. The fourth-order valence-corrected chi connectivity index (χ4v) is 1.98. The second kappa shape index (κ2) is 6.37. The van der Waals surface area contributed by atoms with Crippen LogP contribution in [-0.4, -0.2) is 25.3 Å².